The Balaban J connectivity index is 1.69. The molecule has 1 spiro atoms. The van der Waals surface area contributed by atoms with Crippen LogP contribution in [0.3, 0.4) is 0 Å². The number of hydrogen-bond donors (Lipinski definition) is 2. The van der Waals surface area contributed by atoms with Gasteiger partial charge < -0.3 is 0 Å². The van der Waals surface area contributed by atoms with E-state index < -0.39 is 31.0 Å². The van der Waals surface area contributed by atoms with E-state index in [9.17, 15) is 21.4 Å². The minimum Gasteiger partial charge on any atom is -0.286 e. The van der Waals surface area contributed by atoms with E-state index in [0.717, 1.165) is 12.8 Å². The zero-order valence-corrected chi connectivity index (χ0v) is 18.1. The average molecular weight is 477 g/mol. The largest absolute Gasteiger partial charge is 0.286 e. The maximum atomic E-state index is 12.5. The second kappa shape index (κ2) is 5.55. The van der Waals surface area contributed by atoms with Crippen molar-refractivity contribution in [2.75, 3.05) is 5.75 Å². The lowest BCUT2D eigenvalue weighted by atomic mass is 9.64. The van der Waals surface area contributed by atoms with Crippen LogP contribution in [0.5, 0.6) is 0 Å². The molecule has 2 N–H and O–H groups in total. The predicted octanol–water partition coefficient (Wildman–Crippen LogP) is 2.41. The van der Waals surface area contributed by atoms with Crippen LogP contribution in [0.15, 0.2) is 40.3 Å². The molecule has 148 valence electrons. The molecule has 4 rings (SSSR count). The number of nitrogens with one attached hydrogen (secondary N) is 1. The molecule has 3 fully saturated rings. The fourth-order valence-corrected chi connectivity index (χ4v) is 9.28. The average Bonchev–Trinajstić information content (AvgIpc) is 2.84. The Morgan fingerprint density at radius 2 is 1.85 bits per heavy atom. The first-order valence-corrected chi connectivity index (χ1v) is 12.7. The minimum absolute atomic E-state index is 0.110. The van der Waals surface area contributed by atoms with E-state index in [1.165, 1.54) is 12.1 Å². The normalized spacial score (nSPS) is 41.6. The number of halogens is 1. The summed E-state index contributed by atoms with van der Waals surface area (Å²) in [5.74, 6) is -0.175. The van der Waals surface area contributed by atoms with E-state index in [-0.39, 0.29) is 26.8 Å². The smallest absolute Gasteiger partial charge is 0.276 e. The van der Waals surface area contributed by atoms with Crippen LogP contribution in [0.1, 0.15) is 26.7 Å². The highest BCUT2D eigenvalue weighted by atomic mass is 79.9. The summed E-state index contributed by atoms with van der Waals surface area (Å²) in [7, 11) is -7.97. The quantitative estimate of drug-likeness (QED) is 0.384. The van der Waals surface area contributed by atoms with E-state index in [2.05, 4.69) is 25.9 Å². The summed E-state index contributed by atoms with van der Waals surface area (Å²) in [6.45, 7) is 3.87. The Morgan fingerprint density at radius 3 is 2.44 bits per heavy atom. The molecule has 0 bridgehead atoms. The number of alkyl halides is 1. The molecule has 27 heavy (non-hydrogen) atoms. The van der Waals surface area contributed by atoms with Gasteiger partial charge in [-0.05, 0) is 36.3 Å². The molecule has 0 amide bonds. The van der Waals surface area contributed by atoms with Crippen LogP contribution < -0.4 is 4.83 Å². The monoisotopic (exact) mass is 476 g/mol. The highest BCUT2D eigenvalue weighted by Gasteiger charge is 2.93. The fraction of sp³-hybridized carbons (Fsp3) is 0.588. The SMILES string of the molecule is CC12CCC3[C@H](Br)/C(=N/NS(=O)(=O)c4ccccc4)C31C2(C)CS(=O)(=O)O. The molecule has 1 aromatic carbocycles. The van der Waals surface area contributed by atoms with E-state index in [1.807, 2.05) is 13.8 Å². The fourth-order valence-electron chi connectivity index (χ4n) is 6.04. The number of sulfonamides is 1. The number of hydrazone groups is 1. The number of rotatable bonds is 5. The maximum absolute atomic E-state index is 12.5. The van der Waals surface area contributed by atoms with E-state index >= 15 is 0 Å². The van der Waals surface area contributed by atoms with Gasteiger partial charge in [-0.1, -0.05) is 48.0 Å². The highest BCUT2D eigenvalue weighted by Crippen LogP contribution is 2.92. The molecule has 4 unspecified atom stereocenters. The Hall–Kier alpha value is -0.970. The van der Waals surface area contributed by atoms with E-state index in [0.29, 0.717) is 5.71 Å². The minimum atomic E-state index is -4.16. The van der Waals surface area contributed by atoms with Gasteiger partial charge in [-0.3, -0.25) is 4.55 Å². The molecular weight excluding hydrogens is 456 g/mol. The lowest BCUT2D eigenvalue weighted by molar-refractivity contribution is 0.278. The molecule has 0 radical (unpaired) electrons. The van der Waals surface area contributed by atoms with Crippen molar-refractivity contribution in [1.29, 1.82) is 0 Å². The Morgan fingerprint density at radius 1 is 1.22 bits per heavy atom. The molecule has 5 atom stereocenters. The third kappa shape index (κ3) is 2.30. The molecule has 0 heterocycles. The molecule has 0 aliphatic heterocycles. The molecule has 3 aliphatic rings. The van der Waals surface area contributed by atoms with Crippen molar-refractivity contribution in [3.8, 4) is 0 Å². The molecule has 3 aliphatic carbocycles. The second-order valence-corrected chi connectivity index (χ2v) is 12.3. The standard InChI is InChI=1S/C17H21BrN2O5S2/c1-15-9-8-12-13(18)14(17(12,15)16(15,2)10-26(21,22)23)19-20-27(24,25)11-6-4-3-5-7-11/h3-7,12-13,20H,8-10H2,1-2H3,(H,21,22,23)/b19-14-/t12?,13-,15?,16?,17?/m0/s1. The number of nitrogens with zero attached hydrogens (tertiary/aromatic N) is 1. The molecule has 10 heteroatoms. The lowest BCUT2D eigenvalue weighted by Crippen LogP contribution is -2.54. The van der Waals surface area contributed by atoms with Gasteiger partial charge >= 0.3 is 0 Å². The summed E-state index contributed by atoms with van der Waals surface area (Å²) in [6, 6.07) is 7.95. The van der Waals surface area contributed by atoms with Gasteiger partial charge in [-0.2, -0.15) is 21.9 Å². The van der Waals surface area contributed by atoms with Gasteiger partial charge in [0.2, 0.25) is 0 Å². The zero-order chi connectivity index (χ0) is 19.9. The molecule has 1 aromatic rings. The van der Waals surface area contributed by atoms with Crippen molar-refractivity contribution >= 4 is 41.8 Å². The van der Waals surface area contributed by atoms with Crippen molar-refractivity contribution in [3.05, 3.63) is 30.3 Å². The van der Waals surface area contributed by atoms with Gasteiger partial charge in [-0.15, -0.1) is 0 Å². The van der Waals surface area contributed by atoms with Crippen LogP contribution >= 0.6 is 15.9 Å². The first kappa shape index (κ1) is 19.4. The van der Waals surface area contributed by atoms with Crippen LogP contribution in [0.25, 0.3) is 0 Å². The van der Waals surface area contributed by atoms with Gasteiger partial charge in [0.1, 0.15) is 0 Å². The molecular formula is C17H21BrN2O5S2. The van der Waals surface area contributed by atoms with Gasteiger partial charge in [0, 0.05) is 10.8 Å². The van der Waals surface area contributed by atoms with Crippen LogP contribution in [0.2, 0.25) is 0 Å². The molecule has 7 nitrogen and oxygen atoms in total. The maximum Gasteiger partial charge on any atom is 0.276 e. The van der Waals surface area contributed by atoms with Crippen LogP contribution in [-0.2, 0) is 20.1 Å². The van der Waals surface area contributed by atoms with Crippen molar-refractivity contribution < 1.29 is 21.4 Å². The van der Waals surface area contributed by atoms with Crippen molar-refractivity contribution in [2.24, 2.45) is 27.3 Å². The lowest BCUT2D eigenvalue weighted by Gasteiger charge is -2.45. The number of benzene rings is 1. The topological polar surface area (TPSA) is 113 Å². The van der Waals surface area contributed by atoms with Gasteiger partial charge in [0.15, 0.2) is 0 Å². The summed E-state index contributed by atoms with van der Waals surface area (Å²) >= 11 is 3.60. The molecule has 0 saturated heterocycles. The molecule has 0 aromatic heterocycles. The Labute approximate surface area is 167 Å². The summed E-state index contributed by atoms with van der Waals surface area (Å²) < 4.78 is 57.7. The second-order valence-electron chi connectivity index (χ2n) is 8.15. The Kier molecular flexibility index (Phi) is 3.98. The zero-order valence-electron chi connectivity index (χ0n) is 14.9. The summed E-state index contributed by atoms with van der Waals surface area (Å²) in [5.41, 5.74) is -0.888. The Bertz CT molecular complexity index is 1040. The predicted molar refractivity (Wildman–Crippen MR) is 105 cm³/mol. The van der Waals surface area contributed by atoms with Crippen molar-refractivity contribution in [2.45, 2.75) is 36.4 Å². The van der Waals surface area contributed by atoms with Crippen molar-refractivity contribution in [3.63, 3.8) is 0 Å². The molecule has 3 saturated carbocycles. The first-order chi connectivity index (χ1) is 12.4. The summed E-state index contributed by atoms with van der Waals surface area (Å²) in [4.78, 5) is 2.31. The van der Waals surface area contributed by atoms with E-state index in [4.69, 9.17) is 0 Å². The number of hydrogen-bond acceptors (Lipinski definition) is 5. The third-order valence-electron chi connectivity index (χ3n) is 7.24. The van der Waals surface area contributed by atoms with Gasteiger partial charge in [-0.25, -0.2) is 4.83 Å². The van der Waals surface area contributed by atoms with Crippen LogP contribution in [0.4, 0.5) is 0 Å². The first-order valence-electron chi connectivity index (χ1n) is 8.65. The van der Waals surface area contributed by atoms with Crippen LogP contribution in [0, 0.1) is 22.2 Å². The third-order valence-corrected chi connectivity index (χ3v) is 10.5. The highest BCUT2D eigenvalue weighted by molar-refractivity contribution is 9.10. The van der Waals surface area contributed by atoms with E-state index in [1.54, 1.807) is 18.2 Å². The van der Waals surface area contributed by atoms with Crippen LogP contribution in [-0.4, -0.2) is 37.7 Å². The van der Waals surface area contributed by atoms with Crippen molar-refractivity contribution in [1.82, 2.24) is 4.83 Å². The summed E-state index contributed by atoms with van der Waals surface area (Å²) in [6.07, 6.45) is 1.73. The van der Waals surface area contributed by atoms with Gasteiger partial charge in [0.05, 0.1) is 21.2 Å². The summed E-state index contributed by atoms with van der Waals surface area (Å²) in [5, 5.41) is 4.24. The van der Waals surface area contributed by atoms with Gasteiger partial charge in [0.25, 0.3) is 20.1 Å².